The number of carbonyl (C=O) groups is 1. The van der Waals surface area contributed by atoms with E-state index in [0.717, 1.165) is 11.4 Å². The van der Waals surface area contributed by atoms with Gasteiger partial charge in [0, 0.05) is 37.9 Å². The molecule has 9 nitrogen and oxygen atoms in total. The van der Waals surface area contributed by atoms with Crippen LogP contribution in [0.2, 0.25) is 5.15 Å². The molecular formula is C23H24ClN5O4. The van der Waals surface area contributed by atoms with Gasteiger partial charge in [0.1, 0.15) is 5.15 Å². The minimum Gasteiger partial charge on any atom is -0.493 e. The van der Waals surface area contributed by atoms with Crippen LogP contribution < -0.4 is 19.1 Å². The zero-order chi connectivity index (χ0) is 23.4. The maximum atomic E-state index is 12.7. The molecule has 1 aromatic carbocycles. The Labute approximate surface area is 196 Å². The van der Waals surface area contributed by atoms with Crippen LogP contribution in [0.1, 0.15) is 10.4 Å². The largest absolute Gasteiger partial charge is 0.493 e. The monoisotopic (exact) mass is 469 g/mol. The van der Waals surface area contributed by atoms with Crippen molar-refractivity contribution in [3.63, 3.8) is 0 Å². The maximum absolute atomic E-state index is 12.7. The fourth-order valence-corrected chi connectivity index (χ4v) is 3.93. The Morgan fingerprint density at radius 2 is 1.64 bits per heavy atom. The van der Waals surface area contributed by atoms with Crippen molar-refractivity contribution in [2.24, 2.45) is 0 Å². The molecule has 172 valence electrons. The van der Waals surface area contributed by atoms with Crippen molar-refractivity contribution >= 4 is 23.3 Å². The molecule has 0 radical (unpaired) electrons. The highest BCUT2D eigenvalue weighted by atomic mass is 35.5. The van der Waals surface area contributed by atoms with Gasteiger partial charge < -0.3 is 24.0 Å². The van der Waals surface area contributed by atoms with Gasteiger partial charge >= 0.3 is 0 Å². The second kappa shape index (κ2) is 9.91. The van der Waals surface area contributed by atoms with Crippen LogP contribution in [0.15, 0.2) is 42.6 Å². The molecule has 3 heterocycles. The van der Waals surface area contributed by atoms with E-state index in [4.69, 9.17) is 25.8 Å². The van der Waals surface area contributed by atoms with E-state index in [1.165, 1.54) is 0 Å². The quantitative estimate of drug-likeness (QED) is 0.508. The number of nitrogens with zero attached hydrogens (tertiary/aromatic N) is 5. The zero-order valence-corrected chi connectivity index (χ0v) is 19.4. The first kappa shape index (κ1) is 22.6. The van der Waals surface area contributed by atoms with E-state index in [1.54, 1.807) is 44.6 Å². The summed E-state index contributed by atoms with van der Waals surface area (Å²) in [6.45, 7) is 2.39. The first-order chi connectivity index (χ1) is 16.0. The van der Waals surface area contributed by atoms with Crippen molar-refractivity contribution in [3.05, 3.63) is 53.3 Å². The Bertz CT molecular complexity index is 1110. The van der Waals surface area contributed by atoms with Crippen LogP contribution in [0.3, 0.4) is 0 Å². The highest BCUT2D eigenvalue weighted by Crippen LogP contribution is 2.40. The summed E-state index contributed by atoms with van der Waals surface area (Å²) >= 11 is 6.07. The van der Waals surface area contributed by atoms with Crippen LogP contribution >= 0.6 is 11.6 Å². The van der Waals surface area contributed by atoms with Gasteiger partial charge in [-0.05, 0) is 36.4 Å². The van der Waals surface area contributed by atoms with E-state index >= 15 is 0 Å². The number of anilines is 1. The summed E-state index contributed by atoms with van der Waals surface area (Å²) < 4.78 is 16.2. The number of benzene rings is 1. The summed E-state index contributed by atoms with van der Waals surface area (Å²) in [6.07, 6.45) is 1.57. The minimum absolute atomic E-state index is 0.114. The predicted octanol–water partition coefficient (Wildman–Crippen LogP) is 3.18. The lowest BCUT2D eigenvalue weighted by atomic mass is 10.1. The number of carbonyl (C=O) groups excluding carboxylic acids is 1. The summed E-state index contributed by atoms with van der Waals surface area (Å²) in [5.41, 5.74) is 1.90. The van der Waals surface area contributed by atoms with Gasteiger partial charge in [0.05, 0.1) is 32.6 Å². The van der Waals surface area contributed by atoms with Crippen molar-refractivity contribution in [2.75, 3.05) is 52.4 Å². The van der Waals surface area contributed by atoms with Crippen LogP contribution in [0.5, 0.6) is 17.2 Å². The number of aromatic nitrogens is 3. The van der Waals surface area contributed by atoms with Crippen LogP contribution in [-0.2, 0) is 0 Å². The fourth-order valence-electron chi connectivity index (χ4n) is 3.73. The molecule has 0 aliphatic carbocycles. The smallest absolute Gasteiger partial charge is 0.257 e. The minimum atomic E-state index is -0.114. The van der Waals surface area contributed by atoms with Crippen LogP contribution in [-0.4, -0.2) is 73.5 Å². The summed E-state index contributed by atoms with van der Waals surface area (Å²) in [5.74, 6) is 2.25. The third-order valence-electron chi connectivity index (χ3n) is 5.49. The number of halogens is 1. The highest BCUT2D eigenvalue weighted by molar-refractivity contribution is 6.32. The molecule has 1 aliphatic rings. The molecule has 0 saturated carbocycles. The number of ether oxygens (including phenoxy) is 3. The topological polar surface area (TPSA) is 89.9 Å². The van der Waals surface area contributed by atoms with E-state index < -0.39 is 0 Å². The Balaban J connectivity index is 1.46. The molecule has 0 atom stereocenters. The van der Waals surface area contributed by atoms with Gasteiger partial charge in [-0.2, -0.15) is 0 Å². The Morgan fingerprint density at radius 1 is 0.939 bits per heavy atom. The SMILES string of the molecule is COc1cc(-c2ccc(N3CCN(C(=O)c4cccnc4Cl)CC3)nn2)cc(OC)c1OC. The molecule has 0 N–H and O–H groups in total. The number of hydrogen-bond acceptors (Lipinski definition) is 8. The average molecular weight is 470 g/mol. The second-order valence-electron chi connectivity index (χ2n) is 7.31. The zero-order valence-electron chi connectivity index (χ0n) is 18.6. The molecule has 3 aromatic rings. The number of hydrogen-bond donors (Lipinski definition) is 0. The Kier molecular flexibility index (Phi) is 6.79. The van der Waals surface area contributed by atoms with E-state index in [-0.39, 0.29) is 11.1 Å². The molecule has 2 aromatic heterocycles. The van der Waals surface area contributed by atoms with Crippen molar-refractivity contribution in [3.8, 4) is 28.5 Å². The average Bonchev–Trinajstić information content (AvgIpc) is 2.87. The van der Waals surface area contributed by atoms with Gasteiger partial charge in [-0.1, -0.05) is 11.6 Å². The lowest BCUT2D eigenvalue weighted by Gasteiger charge is -2.35. The van der Waals surface area contributed by atoms with Crippen LogP contribution in [0.25, 0.3) is 11.3 Å². The summed E-state index contributed by atoms with van der Waals surface area (Å²) in [7, 11) is 4.71. The summed E-state index contributed by atoms with van der Waals surface area (Å²) in [5, 5.41) is 9.02. The van der Waals surface area contributed by atoms with Crippen molar-refractivity contribution in [1.29, 1.82) is 0 Å². The number of piperazine rings is 1. The van der Waals surface area contributed by atoms with Crippen molar-refractivity contribution in [2.45, 2.75) is 0 Å². The van der Waals surface area contributed by atoms with Crippen molar-refractivity contribution in [1.82, 2.24) is 20.1 Å². The molecule has 4 rings (SSSR count). The van der Waals surface area contributed by atoms with Crippen molar-refractivity contribution < 1.29 is 19.0 Å². The predicted molar refractivity (Wildman–Crippen MR) is 124 cm³/mol. The van der Waals surface area contributed by atoms with Gasteiger partial charge in [-0.15, -0.1) is 10.2 Å². The third kappa shape index (κ3) is 4.63. The van der Waals surface area contributed by atoms with Crippen LogP contribution in [0, 0.1) is 0 Å². The van der Waals surface area contributed by atoms with Gasteiger partial charge in [-0.25, -0.2) is 4.98 Å². The fraction of sp³-hybridized carbons (Fsp3) is 0.304. The van der Waals surface area contributed by atoms with Gasteiger partial charge in [-0.3, -0.25) is 4.79 Å². The molecule has 33 heavy (non-hydrogen) atoms. The number of amides is 1. The van der Waals surface area contributed by atoms with Gasteiger partial charge in [0.2, 0.25) is 5.75 Å². The van der Waals surface area contributed by atoms with E-state index in [0.29, 0.717) is 54.7 Å². The van der Waals surface area contributed by atoms with Gasteiger partial charge in [0.25, 0.3) is 5.91 Å². The number of rotatable bonds is 6. The highest BCUT2D eigenvalue weighted by Gasteiger charge is 2.25. The summed E-state index contributed by atoms with van der Waals surface area (Å²) in [4.78, 5) is 20.6. The maximum Gasteiger partial charge on any atom is 0.257 e. The molecule has 1 saturated heterocycles. The number of methoxy groups -OCH3 is 3. The first-order valence-electron chi connectivity index (χ1n) is 10.3. The standard InChI is InChI=1S/C23H24ClN5O4/c1-31-18-13-15(14-19(32-2)21(18)33-3)17-6-7-20(27-26-17)28-9-11-29(12-10-28)23(30)16-5-4-8-25-22(16)24/h4-8,13-14H,9-12H2,1-3H3. The molecule has 10 heteroatoms. The molecule has 0 bridgehead atoms. The lowest BCUT2D eigenvalue weighted by Crippen LogP contribution is -2.49. The molecule has 1 fully saturated rings. The lowest BCUT2D eigenvalue weighted by molar-refractivity contribution is 0.0746. The molecular weight excluding hydrogens is 446 g/mol. The Morgan fingerprint density at radius 3 is 2.18 bits per heavy atom. The second-order valence-corrected chi connectivity index (χ2v) is 7.67. The van der Waals surface area contributed by atoms with Gasteiger partial charge in [0.15, 0.2) is 17.3 Å². The third-order valence-corrected chi connectivity index (χ3v) is 5.79. The molecule has 0 spiro atoms. The van der Waals surface area contributed by atoms with Crippen LogP contribution in [0.4, 0.5) is 5.82 Å². The summed E-state index contributed by atoms with van der Waals surface area (Å²) in [6, 6.07) is 10.9. The van der Waals surface area contributed by atoms with E-state index in [1.807, 2.05) is 24.3 Å². The normalized spacial score (nSPS) is 13.6. The number of pyridine rings is 1. The molecule has 1 aliphatic heterocycles. The van der Waals surface area contributed by atoms with E-state index in [9.17, 15) is 4.79 Å². The first-order valence-corrected chi connectivity index (χ1v) is 10.7. The van der Waals surface area contributed by atoms with E-state index in [2.05, 4.69) is 20.1 Å². The molecule has 0 unspecified atom stereocenters. The molecule has 1 amide bonds. The Hall–Kier alpha value is -3.59.